The first-order chi connectivity index (χ1) is 8.67. The fourth-order valence-corrected chi connectivity index (χ4v) is 1.91. The zero-order chi connectivity index (χ0) is 13.1. The Morgan fingerprint density at radius 3 is 2.50 bits per heavy atom. The van der Waals surface area contributed by atoms with E-state index in [-0.39, 0.29) is 5.84 Å². The van der Waals surface area contributed by atoms with Gasteiger partial charge >= 0.3 is 0 Å². The van der Waals surface area contributed by atoms with Crippen molar-refractivity contribution in [3.05, 3.63) is 34.9 Å². The first kappa shape index (κ1) is 12.7. The highest BCUT2D eigenvalue weighted by Gasteiger charge is 2.21. The molecule has 0 amide bonds. The largest absolute Gasteiger partial charge is 0.383 e. The minimum absolute atomic E-state index is 0.191. The molecule has 0 aromatic heterocycles. The van der Waals surface area contributed by atoms with Crippen molar-refractivity contribution in [3.8, 4) is 0 Å². The smallest absolute Gasteiger partial charge is 0.183 e. The van der Waals surface area contributed by atoms with Crippen LogP contribution in [-0.2, 0) is 9.47 Å². The van der Waals surface area contributed by atoms with Crippen LogP contribution in [0.3, 0.4) is 0 Å². The number of benzene rings is 1. The number of nitrogens with one attached hydrogen (secondary N) is 1. The summed E-state index contributed by atoms with van der Waals surface area (Å²) in [5.74, 6) is 0.585. The van der Waals surface area contributed by atoms with Gasteiger partial charge in [-0.1, -0.05) is 12.1 Å². The second-order valence-electron chi connectivity index (χ2n) is 3.89. The molecule has 1 aromatic carbocycles. The van der Waals surface area contributed by atoms with Gasteiger partial charge in [-0.2, -0.15) is 0 Å². The minimum atomic E-state index is -0.403. The quantitative estimate of drug-likeness (QED) is 0.778. The van der Waals surface area contributed by atoms with E-state index in [1.807, 2.05) is 32.0 Å². The molecule has 1 aliphatic rings. The number of nitrogens with two attached hydrogens (primary N) is 1. The molecule has 0 bridgehead atoms. The van der Waals surface area contributed by atoms with Gasteiger partial charge in [0.05, 0.1) is 0 Å². The number of nitrogens with zero attached hydrogens (tertiary/aromatic N) is 1. The zero-order valence-electron chi connectivity index (χ0n) is 10.6. The van der Waals surface area contributed by atoms with Crippen LogP contribution in [0.4, 0.5) is 0 Å². The lowest BCUT2D eigenvalue weighted by Crippen LogP contribution is -2.12. The maximum atomic E-state index is 7.75. The van der Waals surface area contributed by atoms with Gasteiger partial charge in [-0.25, -0.2) is 4.99 Å². The molecule has 5 heteroatoms. The van der Waals surface area contributed by atoms with Gasteiger partial charge in [-0.05, 0) is 19.9 Å². The first-order valence-corrected chi connectivity index (χ1v) is 5.98. The number of ether oxygens (including phenoxy) is 2. The maximum absolute atomic E-state index is 7.75. The van der Waals surface area contributed by atoms with Crippen LogP contribution in [0, 0.1) is 5.41 Å². The fraction of sp³-hybridized carbons (Fsp3) is 0.385. The third-order valence-electron chi connectivity index (χ3n) is 2.72. The van der Waals surface area contributed by atoms with Crippen LogP contribution in [0.1, 0.15) is 36.8 Å². The van der Waals surface area contributed by atoms with E-state index in [4.69, 9.17) is 20.6 Å². The highest BCUT2D eigenvalue weighted by molar-refractivity contribution is 6.20. The molecule has 0 spiro atoms. The summed E-state index contributed by atoms with van der Waals surface area (Å²) in [5, 5.41) is 7.75. The van der Waals surface area contributed by atoms with Crippen LogP contribution in [0.5, 0.6) is 0 Å². The van der Waals surface area contributed by atoms with E-state index in [0.29, 0.717) is 19.0 Å². The Morgan fingerprint density at radius 2 is 1.89 bits per heavy atom. The molecule has 0 radical (unpaired) electrons. The molecule has 5 nitrogen and oxygen atoms in total. The van der Waals surface area contributed by atoms with E-state index < -0.39 is 6.29 Å². The van der Waals surface area contributed by atoms with Gasteiger partial charge in [0.25, 0.3) is 0 Å². The number of aliphatic imine (C=N–C) groups is 1. The molecule has 0 unspecified atom stereocenters. The SMILES string of the molecule is CCOC(OCC)c1ccc2c(c1)C(=N)N=C2N. The monoisotopic (exact) mass is 247 g/mol. The van der Waals surface area contributed by atoms with Crippen LogP contribution in [0.25, 0.3) is 0 Å². The predicted octanol–water partition coefficient (Wildman–Crippen LogP) is 1.80. The standard InChI is InChI=1S/C13H17N3O2/c1-3-17-13(18-4-2)8-5-6-9-10(7-8)12(15)16-11(9)14/h5-7,13H,3-4H2,1-2H3,(H3,14,15,16). The summed E-state index contributed by atoms with van der Waals surface area (Å²) in [6.07, 6.45) is -0.403. The van der Waals surface area contributed by atoms with Crippen molar-refractivity contribution in [2.75, 3.05) is 13.2 Å². The molecule has 3 N–H and O–H groups in total. The summed E-state index contributed by atoms with van der Waals surface area (Å²) in [5.41, 5.74) is 8.14. The molecule has 1 aromatic rings. The van der Waals surface area contributed by atoms with Gasteiger partial charge in [0.2, 0.25) is 0 Å². The average molecular weight is 247 g/mol. The van der Waals surface area contributed by atoms with E-state index in [1.54, 1.807) is 0 Å². The molecule has 1 heterocycles. The Morgan fingerprint density at radius 1 is 1.22 bits per heavy atom. The number of hydrogen-bond acceptors (Lipinski definition) is 4. The van der Waals surface area contributed by atoms with E-state index in [1.165, 1.54) is 0 Å². The minimum Gasteiger partial charge on any atom is -0.383 e. The Labute approximate surface area is 106 Å². The van der Waals surface area contributed by atoms with Crippen molar-refractivity contribution in [1.82, 2.24) is 0 Å². The molecule has 0 saturated carbocycles. The molecule has 2 rings (SSSR count). The summed E-state index contributed by atoms with van der Waals surface area (Å²) in [6.45, 7) is 4.97. The first-order valence-electron chi connectivity index (χ1n) is 5.98. The molecule has 96 valence electrons. The van der Waals surface area contributed by atoms with Crippen LogP contribution in [0.15, 0.2) is 23.2 Å². The van der Waals surface area contributed by atoms with E-state index in [0.717, 1.165) is 16.7 Å². The van der Waals surface area contributed by atoms with Crippen molar-refractivity contribution in [2.24, 2.45) is 10.7 Å². The summed E-state index contributed by atoms with van der Waals surface area (Å²) in [7, 11) is 0. The van der Waals surface area contributed by atoms with E-state index >= 15 is 0 Å². The topological polar surface area (TPSA) is 80.7 Å². The third kappa shape index (κ3) is 2.27. The van der Waals surface area contributed by atoms with Gasteiger partial charge in [-0.15, -0.1) is 0 Å². The summed E-state index contributed by atoms with van der Waals surface area (Å²) < 4.78 is 11.1. The Kier molecular flexibility index (Phi) is 3.74. The average Bonchev–Trinajstić information content (AvgIpc) is 2.64. The third-order valence-corrected chi connectivity index (χ3v) is 2.72. The molecule has 1 aliphatic heterocycles. The van der Waals surface area contributed by atoms with Crippen molar-refractivity contribution in [2.45, 2.75) is 20.1 Å². The zero-order valence-corrected chi connectivity index (χ0v) is 10.6. The molecular weight excluding hydrogens is 230 g/mol. The Hall–Kier alpha value is -1.72. The number of hydrogen-bond donors (Lipinski definition) is 2. The van der Waals surface area contributed by atoms with Gasteiger partial charge in [0.15, 0.2) is 12.1 Å². The van der Waals surface area contributed by atoms with Crippen LogP contribution >= 0.6 is 0 Å². The number of fused-ring (bicyclic) bond motifs is 1. The highest BCUT2D eigenvalue weighted by atomic mass is 16.7. The summed E-state index contributed by atoms with van der Waals surface area (Å²) in [4.78, 5) is 3.95. The van der Waals surface area contributed by atoms with E-state index in [2.05, 4.69) is 4.99 Å². The molecule has 0 atom stereocenters. The maximum Gasteiger partial charge on any atom is 0.183 e. The van der Waals surface area contributed by atoms with Gasteiger partial charge in [-0.3, -0.25) is 5.41 Å². The lowest BCUT2D eigenvalue weighted by atomic mass is 10.0. The van der Waals surface area contributed by atoms with Crippen molar-refractivity contribution in [1.29, 1.82) is 5.41 Å². The summed E-state index contributed by atoms with van der Waals surface area (Å²) >= 11 is 0. The lowest BCUT2D eigenvalue weighted by molar-refractivity contribution is -0.140. The second kappa shape index (κ2) is 5.29. The number of amidine groups is 2. The van der Waals surface area contributed by atoms with Crippen molar-refractivity contribution < 1.29 is 9.47 Å². The summed E-state index contributed by atoms with van der Waals surface area (Å²) in [6, 6.07) is 5.61. The Bertz CT molecular complexity index is 491. The van der Waals surface area contributed by atoms with Crippen LogP contribution in [-0.4, -0.2) is 24.9 Å². The molecule has 18 heavy (non-hydrogen) atoms. The lowest BCUT2D eigenvalue weighted by Gasteiger charge is -2.17. The molecule has 0 aliphatic carbocycles. The normalized spacial score (nSPS) is 13.9. The van der Waals surface area contributed by atoms with Crippen molar-refractivity contribution >= 4 is 11.7 Å². The van der Waals surface area contributed by atoms with Gasteiger partial charge < -0.3 is 15.2 Å². The second-order valence-corrected chi connectivity index (χ2v) is 3.89. The molecular formula is C13H17N3O2. The van der Waals surface area contributed by atoms with Crippen LogP contribution in [0.2, 0.25) is 0 Å². The number of rotatable bonds is 5. The highest BCUT2D eigenvalue weighted by Crippen LogP contribution is 2.25. The fourth-order valence-electron chi connectivity index (χ4n) is 1.91. The van der Waals surface area contributed by atoms with Gasteiger partial charge in [0, 0.05) is 29.9 Å². The Balaban J connectivity index is 2.31. The van der Waals surface area contributed by atoms with Crippen LogP contribution < -0.4 is 5.73 Å². The van der Waals surface area contributed by atoms with Crippen molar-refractivity contribution in [3.63, 3.8) is 0 Å². The molecule has 0 saturated heterocycles. The predicted molar refractivity (Wildman–Crippen MR) is 70.0 cm³/mol. The van der Waals surface area contributed by atoms with Gasteiger partial charge in [0.1, 0.15) is 5.84 Å². The van der Waals surface area contributed by atoms with E-state index in [9.17, 15) is 0 Å². The molecule has 0 fully saturated rings.